The van der Waals surface area contributed by atoms with E-state index in [1.165, 1.54) is 82.3 Å². The van der Waals surface area contributed by atoms with E-state index in [9.17, 15) is 0 Å². The summed E-state index contributed by atoms with van der Waals surface area (Å²) in [6.07, 6.45) is 3.63. The maximum atomic E-state index is 6.52. The maximum absolute atomic E-state index is 6.52. The van der Waals surface area contributed by atoms with Gasteiger partial charge in [-0.15, -0.1) is 0 Å². The summed E-state index contributed by atoms with van der Waals surface area (Å²) in [5.74, 6) is 0.272. The van der Waals surface area contributed by atoms with Gasteiger partial charge in [-0.05, 0) is 0 Å². The van der Waals surface area contributed by atoms with Crippen molar-refractivity contribution in [1.82, 2.24) is 0 Å². The van der Waals surface area contributed by atoms with E-state index >= 15 is 0 Å². The molecule has 0 saturated carbocycles. The summed E-state index contributed by atoms with van der Waals surface area (Å²) in [4.78, 5) is 0. The molecule has 2 aliphatic carbocycles. The van der Waals surface area contributed by atoms with Crippen LogP contribution in [-0.2, 0) is 29.1 Å². The fraction of sp³-hybridized carbons (Fsp3) is 0.290. The summed E-state index contributed by atoms with van der Waals surface area (Å²) in [6, 6.07) is 22.7. The Kier molecular flexibility index (Phi) is 9.18. The second-order valence-electron chi connectivity index (χ2n) is 10.9. The zero-order chi connectivity index (χ0) is 24.2. The van der Waals surface area contributed by atoms with Crippen molar-refractivity contribution >= 4 is 23.2 Å². The van der Waals surface area contributed by atoms with Gasteiger partial charge in [0.05, 0.1) is 0 Å². The molecule has 0 spiro atoms. The molecule has 0 radical (unpaired) electrons. The molecule has 0 fully saturated rings. The Balaban J connectivity index is 0.00000180. The molecule has 0 amide bonds. The van der Waals surface area contributed by atoms with Gasteiger partial charge in [0, 0.05) is 0 Å². The first kappa shape index (κ1) is 29.3. The standard InChI is InChI=1S/C31H33OSi.2ClH.Zr/c1-20(2)25-15-16-28-26-13-9-7-12-23(26)19-29(28)31(25)30-24(17-21(3)32-33(4,5)6)18-22-11-8-10-14-27(22)30;;;/h7-16,18,21,30H,17H2,1-6H3;2*1H;/q;;;+2/p-2. The van der Waals surface area contributed by atoms with Crippen LogP contribution in [-0.4, -0.2) is 14.4 Å². The average molecular weight is 612 g/mol. The molecule has 2 atom stereocenters. The fourth-order valence-corrected chi connectivity index (χ4v) is 8.29. The van der Waals surface area contributed by atoms with Gasteiger partial charge in [-0.2, -0.15) is 0 Å². The van der Waals surface area contributed by atoms with Gasteiger partial charge in [0.15, 0.2) is 0 Å². The molecule has 0 aliphatic heterocycles. The molecule has 3 aromatic carbocycles. The second-order valence-corrected chi connectivity index (χ2v) is 16.6. The van der Waals surface area contributed by atoms with Crippen LogP contribution in [0.2, 0.25) is 19.6 Å². The van der Waals surface area contributed by atoms with E-state index in [0.717, 1.165) is 6.42 Å². The van der Waals surface area contributed by atoms with Crippen molar-refractivity contribution in [2.24, 2.45) is 0 Å². The predicted octanol–water partition coefficient (Wildman–Crippen LogP) is 0.348. The van der Waals surface area contributed by atoms with Gasteiger partial charge in [-0.1, -0.05) is 0 Å². The molecule has 5 heteroatoms. The van der Waals surface area contributed by atoms with E-state index in [-0.39, 0.29) is 36.8 Å². The molecule has 2 unspecified atom stereocenters. The SMILES string of the molecule is CC(C)=c1ccc2c(c1C1C(CC(C)O[Si](C)(C)C)=Cc3ccccc31)[C]([Zr+2])=c1ccccc1=2.[Cl-].[Cl-]. The molecule has 0 aromatic heterocycles. The third kappa shape index (κ3) is 5.33. The third-order valence-corrected chi connectivity index (χ3v) is 9.29. The normalized spacial score (nSPS) is 16.3. The van der Waals surface area contributed by atoms with Crippen LogP contribution in [0.15, 0.2) is 66.2 Å². The predicted molar refractivity (Wildman–Crippen MR) is 142 cm³/mol. The Bertz CT molecular complexity index is 1550. The van der Waals surface area contributed by atoms with Crippen LogP contribution in [0.5, 0.6) is 0 Å². The molecular weight excluding hydrogens is 579 g/mol. The smallest absolute Gasteiger partial charge is 1.00 e. The van der Waals surface area contributed by atoms with E-state index in [0.29, 0.717) is 0 Å². The Morgan fingerprint density at radius 2 is 1.53 bits per heavy atom. The van der Waals surface area contributed by atoms with Gasteiger partial charge in [0.1, 0.15) is 0 Å². The minimum absolute atomic E-state index is 0. The molecule has 1 nitrogen and oxygen atoms in total. The minimum Gasteiger partial charge on any atom is -1.00 e. The third-order valence-electron chi connectivity index (χ3n) is 6.91. The number of rotatable bonds is 5. The topological polar surface area (TPSA) is 9.23 Å². The molecule has 3 aromatic rings. The summed E-state index contributed by atoms with van der Waals surface area (Å²) in [5, 5.41) is 5.60. The van der Waals surface area contributed by atoms with Crippen molar-refractivity contribution in [3.05, 3.63) is 109 Å². The summed E-state index contributed by atoms with van der Waals surface area (Å²) >= 11 is 1.48. The van der Waals surface area contributed by atoms with Crippen LogP contribution < -0.4 is 35.3 Å². The van der Waals surface area contributed by atoms with Gasteiger partial charge in [0.25, 0.3) is 0 Å². The van der Waals surface area contributed by atoms with Gasteiger partial charge >= 0.3 is 221 Å². The molecular formula is C31H33Cl2OSiZr. The quantitative estimate of drug-likeness (QED) is 0.379. The zero-order valence-corrected chi connectivity index (χ0v) is 26.8. The number of hydrogen-bond donors (Lipinski definition) is 0. The summed E-state index contributed by atoms with van der Waals surface area (Å²) < 4.78 is 8.01. The zero-order valence-electron chi connectivity index (χ0n) is 21.9. The molecule has 185 valence electrons. The monoisotopic (exact) mass is 609 g/mol. The van der Waals surface area contributed by atoms with Crippen LogP contribution >= 0.6 is 0 Å². The molecule has 0 N–H and O–H groups in total. The maximum Gasteiger partial charge on any atom is -1.00 e. The number of halogens is 2. The number of fused-ring (bicyclic) bond motifs is 3. The van der Waals surface area contributed by atoms with E-state index in [2.05, 4.69) is 107 Å². The van der Waals surface area contributed by atoms with Crippen LogP contribution in [0.4, 0.5) is 0 Å². The largest absolute Gasteiger partial charge is 1.00 e. The van der Waals surface area contributed by atoms with Crippen molar-refractivity contribution in [2.75, 3.05) is 0 Å². The first-order valence-corrected chi connectivity index (χ1v) is 16.9. The molecule has 36 heavy (non-hydrogen) atoms. The second kappa shape index (κ2) is 11.3. The summed E-state index contributed by atoms with van der Waals surface area (Å²) in [5.41, 5.74) is 8.64. The molecule has 2 aliphatic rings. The van der Waals surface area contributed by atoms with Crippen molar-refractivity contribution in [3.8, 4) is 0 Å². The van der Waals surface area contributed by atoms with E-state index < -0.39 is 8.32 Å². The Labute approximate surface area is 243 Å². The molecule has 0 saturated heterocycles. The van der Waals surface area contributed by atoms with Crippen molar-refractivity contribution in [3.63, 3.8) is 0 Å². The Hall–Kier alpha value is -1.22. The van der Waals surface area contributed by atoms with Crippen LogP contribution in [0.25, 0.3) is 14.9 Å². The molecule has 0 bridgehead atoms. The van der Waals surface area contributed by atoms with Crippen molar-refractivity contribution in [1.29, 1.82) is 0 Å². The minimum atomic E-state index is -1.60. The van der Waals surface area contributed by atoms with Gasteiger partial charge in [0.2, 0.25) is 0 Å². The summed E-state index contributed by atoms with van der Waals surface area (Å²) in [6.45, 7) is 13.6. The Morgan fingerprint density at radius 1 is 0.889 bits per heavy atom. The van der Waals surface area contributed by atoms with E-state index in [1.54, 1.807) is 0 Å². The van der Waals surface area contributed by atoms with E-state index in [1.807, 2.05) is 0 Å². The Morgan fingerprint density at radius 3 is 2.19 bits per heavy atom. The van der Waals surface area contributed by atoms with Gasteiger partial charge in [-0.25, -0.2) is 0 Å². The van der Waals surface area contributed by atoms with Crippen LogP contribution in [0.3, 0.4) is 0 Å². The average Bonchev–Trinajstić information content (AvgIpc) is 3.27. The first-order valence-electron chi connectivity index (χ1n) is 12.3. The van der Waals surface area contributed by atoms with E-state index in [4.69, 9.17) is 4.43 Å². The van der Waals surface area contributed by atoms with Crippen molar-refractivity contribution in [2.45, 2.75) is 58.9 Å². The van der Waals surface area contributed by atoms with Crippen molar-refractivity contribution < 1.29 is 54.0 Å². The molecule has 5 rings (SSSR count). The summed E-state index contributed by atoms with van der Waals surface area (Å²) in [7, 11) is -1.60. The van der Waals surface area contributed by atoms with Gasteiger partial charge in [-0.3, -0.25) is 0 Å². The number of benzene rings is 3. The van der Waals surface area contributed by atoms with Gasteiger partial charge < -0.3 is 24.8 Å². The number of hydrogen-bond acceptors (Lipinski definition) is 1. The van der Waals surface area contributed by atoms with Crippen LogP contribution in [0.1, 0.15) is 55.4 Å². The van der Waals surface area contributed by atoms with Crippen LogP contribution in [0, 0.1) is 10.4 Å². The first-order chi connectivity index (χ1) is 16.2. The molecule has 0 heterocycles. The fourth-order valence-electron chi connectivity index (χ4n) is 5.80.